The number of halogens is 5. The van der Waals surface area contributed by atoms with Crippen LogP contribution in [0.2, 0.25) is 5.02 Å². The highest BCUT2D eigenvalue weighted by molar-refractivity contribution is 7.90. The summed E-state index contributed by atoms with van der Waals surface area (Å²) in [5, 5.41) is 2.89. The van der Waals surface area contributed by atoms with E-state index in [9.17, 15) is 31.2 Å². The fourth-order valence-corrected chi connectivity index (χ4v) is 7.86. The number of amides is 1. The van der Waals surface area contributed by atoms with Crippen LogP contribution >= 0.6 is 11.6 Å². The second-order valence-electron chi connectivity index (χ2n) is 11.9. The summed E-state index contributed by atoms with van der Waals surface area (Å²) in [4.78, 5) is 24.4. The lowest BCUT2D eigenvalue weighted by atomic mass is 9.75. The maximum Gasteiger partial charge on any atom is 0.573 e. The van der Waals surface area contributed by atoms with Gasteiger partial charge in [0, 0.05) is 34.6 Å². The fraction of sp³-hybridized carbons (Fsp3) is 0.263. The number of esters is 1. The summed E-state index contributed by atoms with van der Waals surface area (Å²) >= 11 is 6.36. The molecule has 0 saturated heterocycles. The van der Waals surface area contributed by atoms with E-state index in [1.807, 2.05) is 6.92 Å². The molecule has 1 heterocycles. The summed E-state index contributed by atoms with van der Waals surface area (Å²) < 4.78 is 93.0. The van der Waals surface area contributed by atoms with Crippen molar-refractivity contribution in [2.45, 2.75) is 56.2 Å². The highest BCUT2D eigenvalue weighted by Gasteiger charge is 2.34. The van der Waals surface area contributed by atoms with Crippen LogP contribution in [0.1, 0.15) is 72.0 Å². The molecule has 0 unspecified atom stereocenters. The Labute approximate surface area is 303 Å². The lowest BCUT2D eigenvalue weighted by molar-refractivity contribution is -0.274. The van der Waals surface area contributed by atoms with Crippen molar-refractivity contribution in [2.75, 3.05) is 13.2 Å². The van der Waals surface area contributed by atoms with Crippen LogP contribution in [0.5, 0.6) is 5.75 Å². The zero-order valence-corrected chi connectivity index (χ0v) is 29.7. The van der Waals surface area contributed by atoms with Crippen LogP contribution in [-0.4, -0.2) is 43.8 Å². The third kappa shape index (κ3) is 8.76. The van der Waals surface area contributed by atoms with Gasteiger partial charge in [-0.25, -0.2) is 16.8 Å². The van der Waals surface area contributed by atoms with Crippen LogP contribution < -0.4 is 10.1 Å². The minimum atomic E-state index is -4.92. The second-order valence-corrected chi connectivity index (χ2v) is 14.2. The van der Waals surface area contributed by atoms with Gasteiger partial charge in [-0.15, -0.1) is 13.2 Å². The van der Waals surface area contributed by atoms with Gasteiger partial charge in [-0.05, 0) is 84.5 Å². The Morgan fingerprint density at radius 3 is 2.19 bits per heavy atom. The SMILES string of the molecule is CCC[C@H](c1ccc(C(=O)NCCC(=O)OCC)cc1)[C@H](c1ccc(OC(F)(F)F)cc1)c1cn(S(=O)(=O)c2ccccc2)c2c(F)cc(Cl)cc12. The highest BCUT2D eigenvalue weighted by Crippen LogP contribution is 2.46. The van der Waals surface area contributed by atoms with Gasteiger partial charge in [0.2, 0.25) is 0 Å². The van der Waals surface area contributed by atoms with Crippen LogP contribution in [0, 0.1) is 5.82 Å². The van der Waals surface area contributed by atoms with Crippen LogP contribution in [0.4, 0.5) is 17.6 Å². The minimum Gasteiger partial charge on any atom is -0.466 e. The Morgan fingerprint density at radius 1 is 0.923 bits per heavy atom. The molecule has 0 radical (unpaired) electrons. The topological polar surface area (TPSA) is 104 Å². The number of rotatable bonds is 14. The third-order valence-corrected chi connectivity index (χ3v) is 10.3. The number of nitrogens with zero attached hydrogens (tertiary/aromatic N) is 1. The Hall–Kier alpha value is -4.88. The molecule has 1 amide bonds. The Morgan fingerprint density at radius 2 is 1.58 bits per heavy atom. The zero-order valence-electron chi connectivity index (χ0n) is 28.1. The molecular formula is C38H35ClF4N2O6S. The average Bonchev–Trinajstić information content (AvgIpc) is 3.49. The van der Waals surface area contributed by atoms with Gasteiger partial charge in [-0.1, -0.05) is 67.4 Å². The number of ether oxygens (including phenoxy) is 2. The summed E-state index contributed by atoms with van der Waals surface area (Å²) in [6.07, 6.45) is -2.46. The number of benzene rings is 4. The van der Waals surface area contributed by atoms with Crippen LogP contribution in [0.25, 0.3) is 10.9 Å². The second kappa shape index (κ2) is 16.2. The van der Waals surface area contributed by atoms with E-state index in [1.165, 1.54) is 36.5 Å². The number of hydrogen-bond acceptors (Lipinski definition) is 6. The van der Waals surface area contributed by atoms with Gasteiger partial charge in [0.1, 0.15) is 17.1 Å². The van der Waals surface area contributed by atoms with Gasteiger partial charge in [0.25, 0.3) is 15.9 Å². The summed E-state index contributed by atoms with van der Waals surface area (Å²) in [5.74, 6) is -3.41. The van der Waals surface area contributed by atoms with Crippen molar-refractivity contribution in [3.05, 3.63) is 130 Å². The van der Waals surface area contributed by atoms with Crippen molar-refractivity contribution < 1.29 is 45.0 Å². The van der Waals surface area contributed by atoms with E-state index in [0.29, 0.717) is 29.5 Å². The molecule has 14 heteroatoms. The smallest absolute Gasteiger partial charge is 0.466 e. The van der Waals surface area contributed by atoms with Crippen molar-refractivity contribution >= 4 is 44.4 Å². The number of hydrogen-bond donors (Lipinski definition) is 1. The van der Waals surface area contributed by atoms with Crippen molar-refractivity contribution in [1.29, 1.82) is 0 Å². The van der Waals surface area contributed by atoms with Gasteiger partial charge in [0.05, 0.1) is 17.9 Å². The monoisotopic (exact) mass is 758 g/mol. The number of alkyl halides is 3. The van der Waals surface area contributed by atoms with Crippen LogP contribution in [-0.2, 0) is 19.6 Å². The number of carbonyl (C=O) groups is 2. The minimum absolute atomic E-state index is 0.00290. The Kier molecular flexibility index (Phi) is 12.0. The maximum atomic E-state index is 15.9. The van der Waals surface area contributed by atoms with Gasteiger partial charge in [-0.3, -0.25) is 9.59 Å². The number of carbonyl (C=O) groups excluding carboxylic acids is 2. The first-order chi connectivity index (χ1) is 24.7. The highest BCUT2D eigenvalue weighted by atomic mass is 35.5. The quantitative estimate of drug-likeness (QED) is 0.0896. The standard InChI is InChI=1S/C38H35ClF4N2O6S/c1-3-8-30(24-11-13-26(14-12-24)37(47)44-20-19-34(46)50-4-2)35(25-15-17-28(18-16-25)51-38(41,42)43)32-23-45(36-31(32)21-27(39)22-33(36)40)52(48,49)29-9-6-5-7-10-29/h5-7,9-18,21-23,30,35H,3-4,8,19-20H2,1-2H3,(H,44,47)/t30-,35+/m1/s1. The summed E-state index contributed by atoms with van der Waals surface area (Å²) in [5.41, 5.74) is 1.65. The molecule has 274 valence electrons. The molecule has 5 rings (SSSR count). The molecular weight excluding hydrogens is 724 g/mol. The number of fused-ring (bicyclic) bond motifs is 1. The van der Waals surface area contributed by atoms with Crippen LogP contribution in [0.3, 0.4) is 0 Å². The van der Waals surface area contributed by atoms with Gasteiger partial charge in [0.15, 0.2) is 0 Å². The molecule has 0 aliphatic rings. The first-order valence-electron chi connectivity index (χ1n) is 16.4. The molecule has 1 N–H and O–H groups in total. The average molecular weight is 759 g/mol. The summed E-state index contributed by atoms with van der Waals surface area (Å²) in [6, 6.07) is 21.9. The van der Waals surface area contributed by atoms with E-state index >= 15 is 4.39 Å². The van der Waals surface area contributed by atoms with Crippen molar-refractivity contribution in [1.82, 2.24) is 9.29 Å². The molecule has 1 aromatic heterocycles. The molecule has 52 heavy (non-hydrogen) atoms. The molecule has 0 saturated carbocycles. The molecule has 5 aromatic rings. The van der Waals surface area contributed by atoms with E-state index < -0.39 is 51.7 Å². The molecule has 4 aromatic carbocycles. The normalized spacial score (nSPS) is 13.1. The number of aromatic nitrogens is 1. The predicted molar refractivity (Wildman–Crippen MR) is 189 cm³/mol. The van der Waals surface area contributed by atoms with E-state index in [-0.39, 0.29) is 40.4 Å². The molecule has 0 aliphatic carbocycles. The van der Waals surface area contributed by atoms with Crippen LogP contribution in [0.15, 0.2) is 102 Å². The maximum absolute atomic E-state index is 15.9. The zero-order chi connectivity index (χ0) is 37.6. The molecule has 8 nitrogen and oxygen atoms in total. The van der Waals surface area contributed by atoms with E-state index in [0.717, 1.165) is 27.7 Å². The summed E-state index contributed by atoms with van der Waals surface area (Å²) in [7, 11) is -4.34. The van der Waals surface area contributed by atoms with Crippen molar-refractivity contribution in [3.8, 4) is 5.75 Å². The summed E-state index contributed by atoms with van der Waals surface area (Å²) in [6.45, 7) is 3.92. The first kappa shape index (κ1) is 38.4. The van der Waals surface area contributed by atoms with Gasteiger partial charge in [-0.2, -0.15) is 0 Å². The van der Waals surface area contributed by atoms with E-state index in [4.69, 9.17) is 16.3 Å². The molecule has 0 spiro atoms. The van der Waals surface area contributed by atoms with E-state index in [2.05, 4.69) is 10.1 Å². The number of nitrogens with one attached hydrogen (secondary N) is 1. The molecule has 0 aliphatic heterocycles. The molecule has 0 bridgehead atoms. The lowest BCUT2D eigenvalue weighted by Gasteiger charge is -2.29. The van der Waals surface area contributed by atoms with Crippen molar-refractivity contribution in [3.63, 3.8) is 0 Å². The first-order valence-corrected chi connectivity index (χ1v) is 18.2. The van der Waals surface area contributed by atoms with Crippen molar-refractivity contribution in [2.24, 2.45) is 0 Å². The van der Waals surface area contributed by atoms with Gasteiger partial charge >= 0.3 is 12.3 Å². The Bertz CT molecular complexity index is 2140. The Balaban J connectivity index is 1.65. The molecule has 0 fully saturated rings. The predicted octanol–water partition coefficient (Wildman–Crippen LogP) is 8.97. The lowest BCUT2D eigenvalue weighted by Crippen LogP contribution is -2.26. The van der Waals surface area contributed by atoms with Gasteiger partial charge < -0.3 is 14.8 Å². The largest absolute Gasteiger partial charge is 0.573 e. The third-order valence-electron chi connectivity index (χ3n) is 8.45. The fourth-order valence-electron chi connectivity index (χ4n) is 6.25. The molecule has 2 atom stereocenters. The van der Waals surface area contributed by atoms with E-state index in [1.54, 1.807) is 49.4 Å².